The molecule has 7 nitrogen and oxygen atoms in total. The van der Waals surface area contributed by atoms with E-state index < -0.39 is 17.8 Å². The van der Waals surface area contributed by atoms with Crippen LogP contribution in [0.3, 0.4) is 0 Å². The van der Waals surface area contributed by atoms with E-state index >= 15 is 0 Å². The zero-order chi connectivity index (χ0) is 30.6. The smallest absolute Gasteiger partial charge is 0.335 e. The van der Waals surface area contributed by atoms with Gasteiger partial charge in [-0.15, -0.1) is 0 Å². The number of nitrogens with one attached hydrogen (secondary N) is 1. The van der Waals surface area contributed by atoms with Crippen LogP contribution in [0.5, 0.6) is 11.5 Å². The third-order valence-electron chi connectivity index (χ3n) is 7.08. The van der Waals surface area contributed by atoms with Crippen molar-refractivity contribution in [3.63, 3.8) is 0 Å². The molecule has 5 aromatic carbocycles. The highest BCUT2D eigenvalue weighted by molar-refractivity contribution is 9.10. The summed E-state index contributed by atoms with van der Waals surface area (Å²) in [6.07, 6.45) is 1.48. The Morgan fingerprint density at radius 3 is 2.27 bits per heavy atom. The second-order valence-corrected chi connectivity index (χ2v) is 11.3. The lowest BCUT2D eigenvalue weighted by Crippen LogP contribution is -2.54. The first kappa shape index (κ1) is 29.2. The van der Waals surface area contributed by atoms with Gasteiger partial charge in [-0.1, -0.05) is 88.2 Å². The molecule has 44 heavy (non-hydrogen) atoms. The fourth-order valence-corrected chi connectivity index (χ4v) is 5.25. The second-order valence-electron chi connectivity index (χ2n) is 9.95. The first-order chi connectivity index (χ1) is 21.4. The fourth-order valence-electron chi connectivity index (χ4n) is 4.80. The van der Waals surface area contributed by atoms with Crippen LogP contribution in [0.2, 0.25) is 5.02 Å². The summed E-state index contributed by atoms with van der Waals surface area (Å²) in [7, 11) is 0. The third-order valence-corrected chi connectivity index (χ3v) is 7.97. The average molecular weight is 668 g/mol. The molecular weight excluding hydrogens is 644 g/mol. The number of ether oxygens (including phenoxy) is 2. The molecule has 1 saturated heterocycles. The molecule has 9 heteroatoms. The quantitative estimate of drug-likeness (QED) is 0.134. The molecule has 0 atom stereocenters. The molecule has 0 aliphatic carbocycles. The van der Waals surface area contributed by atoms with Crippen molar-refractivity contribution in [2.45, 2.75) is 13.2 Å². The number of nitrogens with zero attached hydrogens (tertiary/aromatic N) is 1. The van der Waals surface area contributed by atoms with Crippen LogP contribution in [0.15, 0.2) is 119 Å². The van der Waals surface area contributed by atoms with E-state index in [9.17, 15) is 14.4 Å². The molecule has 5 aromatic rings. The molecule has 0 unspecified atom stereocenters. The number of anilines is 1. The molecule has 0 spiro atoms. The van der Waals surface area contributed by atoms with E-state index in [4.69, 9.17) is 21.1 Å². The molecule has 0 aromatic heterocycles. The molecule has 1 heterocycles. The highest BCUT2D eigenvalue weighted by Gasteiger charge is 2.37. The number of hydrogen-bond donors (Lipinski definition) is 1. The van der Waals surface area contributed by atoms with E-state index in [1.165, 1.54) is 6.08 Å². The van der Waals surface area contributed by atoms with Gasteiger partial charge in [0, 0.05) is 20.6 Å². The predicted octanol–water partition coefficient (Wildman–Crippen LogP) is 8.08. The van der Waals surface area contributed by atoms with Crippen molar-refractivity contribution in [2.24, 2.45) is 0 Å². The van der Waals surface area contributed by atoms with Crippen molar-refractivity contribution in [3.05, 3.63) is 141 Å². The lowest BCUT2D eigenvalue weighted by atomic mass is 9.99. The Bertz CT molecular complexity index is 1920. The minimum atomic E-state index is -0.841. The number of hydrogen-bond acceptors (Lipinski definition) is 5. The summed E-state index contributed by atoms with van der Waals surface area (Å²) in [6.45, 7) is 0.526. The number of imide groups is 2. The third kappa shape index (κ3) is 6.22. The molecule has 0 radical (unpaired) electrons. The van der Waals surface area contributed by atoms with Gasteiger partial charge in [0.25, 0.3) is 11.8 Å². The number of amides is 4. The van der Waals surface area contributed by atoms with E-state index in [0.717, 1.165) is 31.3 Å². The van der Waals surface area contributed by atoms with Crippen LogP contribution in [0, 0.1) is 0 Å². The second kappa shape index (κ2) is 12.8. The van der Waals surface area contributed by atoms with Crippen molar-refractivity contribution in [2.75, 3.05) is 4.90 Å². The lowest BCUT2D eigenvalue weighted by Gasteiger charge is -2.26. The van der Waals surface area contributed by atoms with Crippen LogP contribution >= 0.6 is 27.5 Å². The lowest BCUT2D eigenvalue weighted by molar-refractivity contribution is -0.122. The Hall–Kier alpha value is -4.92. The molecule has 1 aliphatic rings. The number of barbiturate groups is 1. The van der Waals surface area contributed by atoms with Crippen LogP contribution in [-0.4, -0.2) is 17.8 Å². The van der Waals surface area contributed by atoms with Crippen LogP contribution in [0.25, 0.3) is 16.8 Å². The van der Waals surface area contributed by atoms with Gasteiger partial charge in [-0.3, -0.25) is 14.9 Å². The van der Waals surface area contributed by atoms with Crippen molar-refractivity contribution >= 4 is 67.9 Å². The largest absolute Gasteiger partial charge is 0.489 e. The fraction of sp³-hybridized carbons (Fsp3) is 0.0571. The van der Waals surface area contributed by atoms with Crippen LogP contribution in [-0.2, 0) is 22.8 Å². The van der Waals surface area contributed by atoms with E-state index in [1.54, 1.807) is 30.3 Å². The normalized spacial score (nSPS) is 14.2. The Kier molecular flexibility index (Phi) is 8.45. The number of carbonyl (C=O) groups excluding carboxylic acids is 3. The number of halogens is 2. The summed E-state index contributed by atoms with van der Waals surface area (Å²) in [5.74, 6) is -0.532. The Balaban J connectivity index is 1.29. The summed E-state index contributed by atoms with van der Waals surface area (Å²) in [5.41, 5.74) is 2.40. The summed E-state index contributed by atoms with van der Waals surface area (Å²) in [4.78, 5) is 40.6. The highest BCUT2D eigenvalue weighted by atomic mass is 79.9. The Labute approximate surface area is 266 Å². The van der Waals surface area contributed by atoms with Crippen molar-refractivity contribution in [1.82, 2.24) is 5.32 Å². The molecule has 4 amide bonds. The minimum absolute atomic E-state index is 0.200. The molecule has 1 aliphatic heterocycles. The van der Waals surface area contributed by atoms with Crippen molar-refractivity contribution in [3.8, 4) is 11.5 Å². The Morgan fingerprint density at radius 2 is 1.50 bits per heavy atom. The summed E-state index contributed by atoms with van der Waals surface area (Å²) in [5, 5.41) is 4.58. The molecule has 6 rings (SSSR count). The van der Waals surface area contributed by atoms with Crippen molar-refractivity contribution < 1.29 is 23.9 Å². The number of urea groups is 1. The van der Waals surface area contributed by atoms with E-state index in [2.05, 4.69) is 21.2 Å². The monoisotopic (exact) mass is 666 g/mol. The number of fused-ring (bicyclic) bond motifs is 1. The first-order valence-corrected chi connectivity index (χ1v) is 14.8. The van der Waals surface area contributed by atoms with Gasteiger partial charge in [0.15, 0.2) is 0 Å². The maximum absolute atomic E-state index is 13.7. The maximum atomic E-state index is 13.7. The van der Waals surface area contributed by atoms with Crippen molar-refractivity contribution in [1.29, 1.82) is 0 Å². The highest BCUT2D eigenvalue weighted by Crippen LogP contribution is 2.33. The maximum Gasteiger partial charge on any atom is 0.335 e. The zero-order valence-electron chi connectivity index (χ0n) is 23.1. The average Bonchev–Trinajstić information content (AvgIpc) is 3.03. The minimum Gasteiger partial charge on any atom is -0.489 e. The summed E-state index contributed by atoms with van der Waals surface area (Å²) in [6, 6.07) is 32.0. The SMILES string of the molecule is O=C1NC(=O)N(c2ccc(OCc3ccccc3Cl)cc2)C(=O)/C1=C/c1c(OCc2ccc(Br)cc2)ccc2ccccc12. The summed E-state index contributed by atoms with van der Waals surface area (Å²) >= 11 is 9.65. The van der Waals surface area contributed by atoms with Crippen LogP contribution in [0.1, 0.15) is 16.7 Å². The molecular formula is C35H24BrClN2O5. The van der Waals surface area contributed by atoms with E-state index in [0.29, 0.717) is 22.1 Å². The van der Waals surface area contributed by atoms with Gasteiger partial charge in [0.1, 0.15) is 30.3 Å². The van der Waals surface area contributed by atoms with Gasteiger partial charge < -0.3 is 9.47 Å². The predicted molar refractivity (Wildman–Crippen MR) is 174 cm³/mol. The molecule has 0 saturated carbocycles. The number of carbonyl (C=O) groups is 3. The topological polar surface area (TPSA) is 84.9 Å². The van der Waals surface area contributed by atoms with Gasteiger partial charge in [-0.25, -0.2) is 9.69 Å². The van der Waals surface area contributed by atoms with Gasteiger partial charge in [0.2, 0.25) is 0 Å². The first-order valence-electron chi connectivity index (χ1n) is 13.6. The van der Waals surface area contributed by atoms with Gasteiger partial charge in [-0.05, 0) is 70.9 Å². The zero-order valence-corrected chi connectivity index (χ0v) is 25.5. The summed E-state index contributed by atoms with van der Waals surface area (Å²) < 4.78 is 13.0. The van der Waals surface area contributed by atoms with Crippen LogP contribution in [0.4, 0.5) is 10.5 Å². The van der Waals surface area contributed by atoms with Gasteiger partial charge in [-0.2, -0.15) is 0 Å². The van der Waals surface area contributed by atoms with E-state index in [-0.39, 0.29) is 24.5 Å². The Morgan fingerprint density at radius 1 is 0.773 bits per heavy atom. The number of benzene rings is 5. The molecule has 1 N–H and O–H groups in total. The molecule has 0 bridgehead atoms. The van der Waals surface area contributed by atoms with E-state index in [1.807, 2.05) is 78.9 Å². The number of rotatable bonds is 8. The van der Waals surface area contributed by atoms with Crippen LogP contribution < -0.4 is 19.7 Å². The van der Waals surface area contributed by atoms with Gasteiger partial charge >= 0.3 is 6.03 Å². The molecule has 1 fully saturated rings. The standard InChI is InChI=1S/C35H24BrClN2O5/c36-25-12-9-22(10-13-25)20-44-32-18-11-23-5-1-3-7-28(23)29(32)19-30-33(40)38-35(42)39(34(30)41)26-14-16-27(17-15-26)43-21-24-6-2-4-8-31(24)37/h1-19H,20-21H2,(H,38,40,42)/b30-19+. The van der Waals surface area contributed by atoms with Gasteiger partial charge in [0.05, 0.1) is 5.69 Å². The molecule has 218 valence electrons.